The lowest BCUT2D eigenvalue weighted by molar-refractivity contribution is -0.946. The van der Waals surface area contributed by atoms with E-state index in [0.717, 1.165) is 73.4 Å². The fourth-order valence-electron chi connectivity index (χ4n) is 6.51. The van der Waals surface area contributed by atoms with Crippen molar-refractivity contribution in [3.63, 3.8) is 0 Å². The highest BCUT2D eigenvalue weighted by Crippen LogP contribution is 2.39. The van der Waals surface area contributed by atoms with Gasteiger partial charge in [-0.15, -0.1) is 0 Å². The van der Waals surface area contributed by atoms with Crippen LogP contribution in [0, 0.1) is 5.92 Å². The zero-order chi connectivity index (χ0) is 23.6. The Morgan fingerprint density at radius 2 is 1.79 bits per heavy atom. The highest BCUT2D eigenvalue weighted by atomic mass is 35.5. The van der Waals surface area contributed by atoms with Gasteiger partial charge in [-0.2, -0.15) is 0 Å². The number of benzene rings is 2. The third-order valence-electron chi connectivity index (χ3n) is 8.79. The minimum absolute atomic E-state index is 0.0159. The van der Waals surface area contributed by atoms with Crippen molar-refractivity contribution in [1.29, 1.82) is 0 Å². The maximum Gasteiger partial charge on any atom is 0.331 e. The third kappa shape index (κ3) is 4.78. The lowest BCUT2D eigenvalue weighted by Gasteiger charge is -2.53. The fourth-order valence-corrected chi connectivity index (χ4v) is 6.73. The highest BCUT2D eigenvalue weighted by molar-refractivity contribution is 6.30. The summed E-state index contributed by atoms with van der Waals surface area (Å²) in [6, 6.07) is 18.5. The average Bonchev–Trinajstić information content (AvgIpc) is 2.89. The Hall–Kier alpha value is -1.88. The number of rotatable bonds is 7. The van der Waals surface area contributed by atoms with E-state index in [1.54, 1.807) is 0 Å². The molecule has 0 aromatic heterocycles. The molecule has 2 atom stereocenters. The van der Waals surface area contributed by atoms with Gasteiger partial charge in [-0.3, -0.25) is 4.90 Å². The molecule has 34 heavy (non-hydrogen) atoms. The number of likely N-dealkylation sites (tertiary alicyclic amines) is 1. The van der Waals surface area contributed by atoms with Gasteiger partial charge < -0.3 is 9.22 Å². The molecular formula is C29H38ClN2O2+. The van der Waals surface area contributed by atoms with Crippen molar-refractivity contribution in [1.82, 2.24) is 4.90 Å². The summed E-state index contributed by atoms with van der Waals surface area (Å²) in [6.07, 6.45) is 6.87. The van der Waals surface area contributed by atoms with E-state index in [0.29, 0.717) is 5.92 Å². The molecule has 2 bridgehead atoms. The molecule has 5 heteroatoms. The van der Waals surface area contributed by atoms with Crippen LogP contribution in [0.5, 0.6) is 0 Å². The summed E-state index contributed by atoms with van der Waals surface area (Å²) in [4.78, 5) is 16.3. The van der Waals surface area contributed by atoms with Gasteiger partial charge >= 0.3 is 5.97 Å². The number of nitrogens with zero attached hydrogens (tertiary/aromatic N) is 2. The van der Waals surface area contributed by atoms with Crippen molar-refractivity contribution in [2.24, 2.45) is 5.92 Å². The highest BCUT2D eigenvalue weighted by Gasteiger charge is 2.50. The van der Waals surface area contributed by atoms with Gasteiger partial charge in [0.2, 0.25) is 0 Å². The standard InChI is InChI=1S/C29H38ClN2O2/c1-29(25-10-4-2-5-11-25,31-16-6-3-7-17-31)28(33)34-27-22-32(19-14-24(27)15-20-32)18-13-23-9-8-12-26(30)21-23/h2,4-5,8-12,21,24,27H,3,6-7,13-20,22H2,1H3/q+1/t24?,27-,29+,32?/m1/s1. The van der Waals surface area contributed by atoms with E-state index in [9.17, 15) is 4.79 Å². The number of halogens is 1. The first-order valence-electron chi connectivity index (χ1n) is 13.1. The Kier molecular flexibility index (Phi) is 7.02. The van der Waals surface area contributed by atoms with Crippen LogP contribution in [0.1, 0.15) is 50.2 Å². The van der Waals surface area contributed by atoms with Crippen LogP contribution in [0.25, 0.3) is 0 Å². The molecule has 4 aliphatic heterocycles. The van der Waals surface area contributed by atoms with E-state index in [1.165, 1.54) is 25.1 Å². The first-order chi connectivity index (χ1) is 16.5. The molecule has 4 aliphatic rings. The fraction of sp³-hybridized carbons (Fsp3) is 0.552. The van der Waals surface area contributed by atoms with Crippen LogP contribution in [0.4, 0.5) is 0 Å². The second-order valence-corrected chi connectivity index (χ2v) is 11.3. The largest absolute Gasteiger partial charge is 0.454 e. The molecule has 0 N–H and O–H groups in total. The Bertz CT molecular complexity index is 983. The Morgan fingerprint density at radius 1 is 1.06 bits per heavy atom. The summed E-state index contributed by atoms with van der Waals surface area (Å²) in [5.74, 6) is 0.434. The molecule has 0 saturated carbocycles. The van der Waals surface area contributed by atoms with E-state index in [1.807, 2.05) is 30.3 Å². The van der Waals surface area contributed by atoms with Gasteiger partial charge in [-0.05, 0) is 56.1 Å². The van der Waals surface area contributed by atoms with Crippen LogP contribution < -0.4 is 0 Å². The number of carbonyl (C=O) groups is 1. The summed E-state index contributed by atoms with van der Waals surface area (Å²) < 4.78 is 7.54. The number of ether oxygens (including phenoxy) is 1. The van der Waals surface area contributed by atoms with E-state index in [2.05, 4.69) is 36.1 Å². The number of carbonyl (C=O) groups excluding carboxylic acids is 1. The first kappa shape index (κ1) is 23.8. The van der Waals surface area contributed by atoms with Crippen LogP contribution in [0.15, 0.2) is 54.6 Å². The number of hydrogen-bond acceptors (Lipinski definition) is 3. The van der Waals surface area contributed by atoms with Crippen molar-refractivity contribution >= 4 is 17.6 Å². The predicted octanol–water partition coefficient (Wildman–Crippen LogP) is 5.44. The maximum atomic E-state index is 13.9. The molecule has 0 amide bonds. The number of esters is 1. The van der Waals surface area contributed by atoms with Crippen LogP contribution in [-0.4, -0.2) is 60.7 Å². The molecule has 2 aromatic carbocycles. The molecule has 0 radical (unpaired) electrons. The number of piperidine rings is 4. The van der Waals surface area contributed by atoms with Crippen molar-refractivity contribution in [3.05, 3.63) is 70.7 Å². The van der Waals surface area contributed by atoms with Gasteiger partial charge in [0, 0.05) is 30.2 Å². The average molecular weight is 482 g/mol. The molecule has 4 saturated heterocycles. The van der Waals surface area contributed by atoms with Crippen molar-refractivity contribution in [2.75, 3.05) is 39.3 Å². The molecule has 0 aliphatic carbocycles. The van der Waals surface area contributed by atoms with E-state index in [4.69, 9.17) is 16.3 Å². The SMILES string of the molecule is C[C@@](C(=O)O[C@@H]1C[N+]2(CCc3cccc(Cl)c3)CCC1CC2)(c1ccccc1)N1CCCCC1. The quantitative estimate of drug-likeness (QED) is 0.389. The summed E-state index contributed by atoms with van der Waals surface area (Å²) in [6.45, 7) is 8.41. The van der Waals surface area contributed by atoms with Gasteiger partial charge in [0.25, 0.3) is 0 Å². The second kappa shape index (κ2) is 10.0. The molecule has 4 fully saturated rings. The summed E-state index contributed by atoms with van der Waals surface area (Å²) in [5, 5.41) is 0.805. The third-order valence-corrected chi connectivity index (χ3v) is 9.02. The van der Waals surface area contributed by atoms with Gasteiger partial charge in [0.15, 0.2) is 6.10 Å². The molecule has 0 unspecified atom stereocenters. The normalized spacial score (nSPS) is 28.9. The van der Waals surface area contributed by atoms with Gasteiger partial charge in [0.1, 0.15) is 12.1 Å². The minimum Gasteiger partial charge on any atom is -0.454 e. The molecular weight excluding hydrogens is 444 g/mol. The molecule has 2 aromatic rings. The number of fused-ring (bicyclic) bond motifs is 3. The van der Waals surface area contributed by atoms with Crippen molar-refractivity contribution in [3.8, 4) is 0 Å². The zero-order valence-electron chi connectivity index (χ0n) is 20.4. The zero-order valence-corrected chi connectivity index (χ0v) is 21.2. The van der Waals surface area contributed by atoms with Crippen LogP contribution in [0.3, 0.4) is 0 Å². The monoisotopic (exact) mass is 481 g/mol. The smallest absolute Gasteiger partial charge is 0.331 e. The molecule has 0 spiro atoms. The molecule has 4 nitrogen and oxygen atoms in total. The van der Waals surface area contributed by atoms with E-state index < -0.39 is 5.54 Å². The Labute approximate surface area is 209 Å². The van der Waals surface area contributed by atoms with Gasteiger partial charge in [0.05, 0.1) is 19.6 Å². The lowest BCUT2D eigenvalue weighted by Crippen LogP contribution is -2.65. The Morgan fingerprint density at radius 3 is 2.50 bits per heavy atom. The first-order valence-corrected chi connectivity index (χ1v) is 13.5. The van der Waals surface area contributed by atoms with Crippen molar-refractivity contribution in [2.45, 2.75) is 57.1 Å². The molecule has 4 heterocycles. The summed E-state index contributed by atoms with van der Waals surface area (Å²) >= 11 is 6.21. The van der Waals surface area contributed by atoms with Crippen molar-refractivity contribution < 1.29 is 14.0 Å². The van der Waals surface area contributed by atoms with Gasteiger partial charge in [-0.1, -0.05) is 60.5 Å². The maximum absolute atomic E-state index is 13.9. The predicted molar refractivity (Wildman–Crippen MR) is 137 cm³/mol. The number of hydrogen-bond donors (Lipinski definition) is 0. The van der Waals surface area contributed by atoms with Crippen LogP contribution >= 0.6 is 11.6 Å². The topological polar surface area (TPSA) is 29.5 Å². The lowest BCUT2D eigenvalue weighted by atomic mass is 9.82. The summed E-state index contributed by atoms with van der Waals surface area (Å²) in [5.41, 5.74) is 1.62. The number of quaternary nitrogens is 1. The van der Waals surface area contributed by atoms with Gasteiger partial charge in [-0.25, -0.2) is 4.79 Å². The van der Waals surface area contributed by atoms with E-state index in [-0.39, 0.29) is 12.1 Å². The summed E-state index contributed by atoms with van der Waals surface area (Å²) in [7, 11) is 0. The second-order valence-electron chi connectivity index (χ2n) is 10.8. The molecule has 6 rings (SSSR count). The van der Waals surface area contributed by atoms with Crippen LogP contribution in [-0.2, 0) is 21.5 Å². The molecule has 182 valence electrons. The Balaban J connectivity index is 1.31. The van der Waals surface area contributed by atoms with Crippen LogP contribution in [0.2, 0.25) is 5.02 Å². The minimum atomic E-state index is -0.723. The van der Waals surface area contributed by atoms with E-state index >= 15 is 0 Å².